The Balaban J connectivity index is 2.33. The smallest absolute Gasteiger partial charge is 0.333 e. The number of hydrogen-bond donors (Lipinski definition) is 1. The van der Waals surface area contributed by atoms with Crippen LogP contribution in [-0.4, -0.2) is 20.2 Å². The minimum Gasteiger partial charge on any atom is -0.497 e. The Morgan fingerprint density at radius 1 is 1.14 bits per heavy atom. The maximum Gasteiger partial charge on any atom is 0.333 e. The molecule has 1 N–H and O–H groups in total. The molecule has 1 atom stereocenters. The van der Waals surface area contributed by atoms with E-state index >= 15 is 0 Å². The van der Waals surface area contributed by atoms with Gasteiger partial charge in [0, 0.05) is 17.3 Å². The minimum absolute atomic E-state index is 0.229. The molecule has 0 aromatic heterocycles. The minimum atomic E-state index is -0.927. The van der Waals surface area contributed by atoms with Gasteiger partial charge in [0.25, 0.3) is 0 Å². The topological polar surface area (TPSA) is 47.6 Å². The molecule has 0 amide bonds. The fraction of sp³-hybridized carbons (Fsp3) is 0.188. The van der Waals surface area contributed by atoms with E-state index in [0.717, 1.165) is 0 Å². The van der Waals surface area contributed by atoms with Gasteiger partial charge in [-0.2, -0.15) is 0 Å². The van der Waals surface area contributed by atoms with Crippen LogP contribution in [-0.2, 0) is 9.53 Å². The van der Waals surface area contributed by atoms with E-state index in [-0.39, 0.29) is 5.56 Å². The molecule has 0 fully saturated rings. The maximum absolute atomic E-state index is 13.9. The standard InChI is InChI=1S/C16H16FNO3/c1-20-12-7-5-6-11(10-12)18-15(16(19)21-2)13-8-3-4-9-14(13)17/h3-10,15,18H,1-2H3. The van der Waals surface area contributed by atoms with Crippen LogP contribution in [0, 0.1) is 5.82 Å². The van der Waals surface area contributed by atoms with Crippen LogP contribution in [0.5, 0.6) is 5.75 Å². The van der Waals surface area contributed by atoms with Gasteiger partial charge in [-0.1, -0.05) is 24.3 Å². The van der Waals surface area contributed by atoms with Crippen LogP contribution in [0.4, 0.5) is 10.1 Å². The van der Waals surface area contributed by atoms with Gasteiger partial charge in [0.2, 0.25) is 0 Å². The predicted molar refractivity (Wildman–Crippen MR) is 77.8 cm³/mol. The molecule has 0 aliphatic rings. The van der Waals surface area contributed by atoms with Gasteiger partial charge >= 0.3 is 5.97 Å². The molecule has 2 aromatic carbocycles. The van der Waals surface area contributed by atoms with Crippen LogP contribution in [0.1, 0.15) is 11.6 Å². The predicted octanol–water partition coefficient (Wildman–Crippen LogP) is 3.16. The first-order valence-electron chi connectivity index (χ1n) is 6.38. The lowest BCUT2D eigenvalue weighted by atomic mass is 10.1. The molecule has 0 radical (unpaired) electrons. The molecule has 0 spiro atoms. The molecular weight excluding hydrogens is 273 g/mol. The molecule has 0 aliphatic heterocycles. The third-order valence-electron chi connectivity index (χ3n) is 3.03. The number of esters is 1. The van der Waals surface area contributed by atoms with Crippen molar-refractivity contribution in [1.82, 2.24) is 0 Å². The van der Waals surface area contributed by atoms with Crippen LogP contribution >= 0.6 is 0 Å². The molecule has 5 heteroatoms. The molecule has 0 bridgehead atoms. The summed E-state index contributed by atoms with van der Waals surface area (Å²) < 4.78 is 23.8. The van der Waals surface area contributed by atoms with E-state index in [1.807, 2.05) is 0 Å². The van der Waals surface area contributed by atoms with E-state index < -0.39 is 17.8 Å². The van der Waals surface area contributed by atoms with Gasteiger partial charge in [0.15, 0.2) is 6.04 Å². The van der Waals surface area contributed by atoms with Crippen LogP contribution in [0.25, 0.3) is 0 Å². The number of ether oxygens (including phenoxy) is 2. The summed E-state index contributed by atoms with van der Waals surface area (Å²) in [5, 5.41) is 2.97. The van der Waals surface area contributed by atoms with E-state index in [2.05, 4.69) is 5.32 Å². The summed E-state index contributed by atoms with van der Waals surface area (Å²) in [6, 6.07) is 12.2. The summed E-state index contributed by atoms with van der Waals surface area (Å²) in [6.45, 7) is 0. The van der Waals surface area contributed by atoms with Gasteiger partial charge in [-0.15, -0.1) is 0 Å². The maximum atomic E-state index is 13.9. The van der Waals surface area contributed by atoms with Crippen molar-refractivity contribution in [3.8, 4) is 5.75 Å². The normalized spacial score (nSPS) is 11.6. The quantitative estimate of drug-likeness (QED) is 0.859. The first kappa shape index (κ1) is 14.8. The summed E-state index contributed by atoms with van der Waals surface area (Å²) in [4.78, 5) is 11.9. The zero-order valence-electron chi connectivity index (χ0n) is 11.8. The van der Waals surface area contributed by atoms with Crippen molar-refractivity contribution in [2.45, 2.75) is 6.04 Å². The van der Waals surface area contributed by atoms with Crippen molar-refractivity contribution < 1.29 is 18.7 Å². The molecular formula is C16H16FNO3. The number of methoxy groups -OCH3 is 2. The third-order valence-corrected chi connectivity index (χ3v) is 3.03. The van der Waals surface area contributed by atoms with Crippen molar-refractivity contribution in [2.24, 2.45) is 0 Å². The van der Waals surface area contributed by atoms with Crippen molar-refractivity contribution in [3.63, 3.8) is 0 Å². The Morgan fingerprint density at radius 2 is 1.90 bits per heavy atom. The number of carbonyl (C=O) groups excluding carboxylic acids is 1. The second kappa shape index (κ2) is 6.74. The van der Waals surface area contributed by atoms with Crippen molar-refractivity contribution >= 4 is 11.7 Å². The lowest BCUT2D eigenvalue weighted by Gasteiger charge is -2.19. The zero-order valence-corrected chi connectivity index (χ0v) is 11.8. The molecule has 4 nitrogen and oxygen atoms in total. The molecule has 2 rings (SSSR count). The van der Waals surface area contributed by atoms with Crippen LogP contribution in [0.3, 0.4) is 0 Å². The van der Waals surface area contributed by atoms with Crippen molar-refractivity contribution in [3.05, 3.63) is 59.9 Å². The largest absolute Gasteiger partial charge is 0.497 e. The highest BCUT2D eigenvalue weighted by molar-refractivity contribution is 5.81. The summed E-state index contributed by atoms with van der Waals surface area (Å²) in [5.41, 5.74) is 0.861. The highest BCUT2D eigenvalue weighted by atomic mass is 19.1. The summed E-state index contributed by atoms with van der Waals surface area (Å²) in [5.74, 6) is -0.400. The Bertz CT molecular complexity index is 630. The van der Waals surface area contributed by atoms with Gasteiger partial charge in [0.05, 0.1) is 14.2 Å². The molecule has 0 aliphatic carbocycles. The molecule has 21 heavy (non-hydrogen) atoms. The van der Waals surface area contributed by atoms with Crippen molar-refractivity contribution in [1.29, 1.82) is 0 Å². The number of carbonyl (C=O) groups is 1. The highest BCUT2D eigenvalue weighted by Crippen LogP contribution is 2.25. The second-order valence-corrected chi connectivity index (χ2v) is 4.35. The summed E-state index contributed by atoms with van der Waals surface area (Å²) in [6.07, 6.45) is 0. The van der Waals surface area contributed by atoms with E-state index in [9.17, 15) is 9.18 Å². The van der Waals surface area contributed by atoms with Crippen LogP contribution in [0.15, 0.2) is 48.5 Å². The number of anilines is 1. The van der Waals surface area contributed by atoms with Gasteiger partial charge in [-0.3, -0.25) is 0 Å². The molecule has 1 unspecified atom stereocenters. The van der Waals surface area contributed by atoms with E-state index in [1.54, 1.807) is 49.6 Å². The Morgan fingerprint density at radius 3 is 2.57 bits per heavy atom. The Hall–Kier alpha value is -2.56. The highest BCUT2D eigenvalue weighted by Gasteiger charge is 2.24. The molecule has 0 heterocycles. The van der Waals surface area contributed by atoms with Gasteiger partial charge in [0.1, 0.15) is 11.6 Å². The van der Waals surface area contributed by atoms with Gasteiger partial charge in [-0.05, 0) is 18.2 Å². The zero-order chi connectivity index (χ0) is 15.2. The van der Waals surface area contributed by atoms with E-state index in [0.29, 0.717) is 11.4 Å². The Kier molecular flexibility index (Phi) is 4.77. The van der Waals surface area contributed by atoms with Gasteiger partial charge < -0.3 is 14.8 Å². The number of nitrogens with one attached hydrogen (secondary N) is 1. The fourth-order valence-electron chi connectivity index (χ4n) is 1.97. The second-order valence-electron chi connectivity index (χ2n) is 4.35. The lowest BCUT2D eigenvalue weighted by molar-refractivity contribution is -0.141. The van der Waals surface area contributed by atoms with Crippen LogP contribution in [0.2, 0.25) is 0 Å². The number of halogens is 1. The third kappa shape index (κ3) is 3.51. The monoisotopic (exact) mass is 289 g/mol. The fourth-order valence-corrected chi connectivity index (χ4v) is 1.97. The molecule has 2 aromatic rings. The average molecular weight is 289 g/mol. The summed E-state index contributed by atoms with van der Waals surface area (Å²) in [7, 11) is 2.82. The number of rotatable bonds is 5. The summed E-state index contributed by atoms with van der Waals surface area (Å²) >= 11 is 0. The first-order valence-corrected chi connectivity index (χ1v) is 6.38. The van der Waals surface area contributed by atoms with E-state index in [4.69, 9.17) is 9.47 Å². The number of benzene rings is 2. The molecule has 0 saturated heterocycles. The van der Waals surface area contributed by atoms with E-state index in [1.165, 1.54) is 13.2 Å². The average Bonchev–Trinajstić information content (AvgIpc) is 2.53. The van der Waals surface area contributed by atoms with Crippen molar-refractivity contribution in [2.75, 3.05) is 19.5 Å². The SMILES string of the molecule is COC(=O)C(Nc1cccc(OC)c1)c1ccccc1F. The van der Waals surface area contributed by atoms with Crippen LogP contribution < -0.4 is 10.1 Å². The lowest BCUT2D eigenvalue weighted by Crippen LogP contribution is -2.23. The first-order chi connectivity index (χ1) is 10.2. The Labute approximate surface area is 122 Å². The molecule has 0 saturated carbocycles. The van der Waals surface area contributed by atoms with Gasteiger partial charge in [-0.25, -0.2) is 9.18 Å². The molecule has 110 valence electrons. The number of hydrogen-bond acceptors (Lipinski definition) is 4.